The van der Waals surface area contributed by atoms with E-state index < -0.39 is 5.79 Å². The van der Waals surface area contributed by atoms with E-state index in [0.717, 1.165) is 25.9 Å². The van der Waals surface area contributed by atoms with Gasteiger partial charge in [-0.25, -0.2) is 4.79 Å². The third kappa shape index (κ3) is 3.14. The molecule has 0 bridgehead atoms. The zero-order valence-corrected chi connectivity index (χ0v) is 16.7. The van der Waals surface area contributed by atoms with E-state index in [-0.39, 0.29) is 23.6 Å². The number of carbonyl (C=O) groups is 1. The molecule has 148 valence electrons. The smallest absolute Gasteiger partial charge is 0.321 e. The molecule has 0 saturated heterocycles. The number of nitrogens with zero attached hydrogens (tertiary/aromatic N) is 1. The predicted molar refractivity (Wildman–Crippen MR) is 103 cm³/mol. The Morgan fingerprint density at radius 2 is 1.96 bits per heavy atom. The van der Waals surface area contributed by atoms with Gasteiger partial charge in [-0.05, 0) is 38.3 Å². The van der Waals surface area contributed by atoms with Crippen LogP contribution in [0.5, 0.6) is 11.5 Å². The number of hydrogen-bond donors (Lipinski definition) is 1. The van der Waals surface area contributed by atoms with Gasteiger partial charge in [0.1, 0.15) is 0 Å². The van der Waals surface area contributed by atoms with Crippen LogP contribution in [-0.4, -0.2) is 42.5 Å². The summed E-state index contributed by atoms with van der Waals surface area (Å²) >= 11 is 0. The summed E-state index contributed by atoms with van der Waals surface area (Å²) in [5.74, 6) is 0.694. The third-order valence-corrected chi connectivity index (χ3v) is 6.34. The SMILES string of the molecule is CCO[C@H]1C[C@@H](N(C)C(=O)Nc2ccc3c(c2)OC(C)(C)O3)C12CCCC2. The molecule has 2 fully saturated rings. The Morgan fingerprint density at radius 1 is 1.26 bits per heavy atom. The third-order valence-electron chi connectivity index (χ3n) is 6.34. The van der Waals surface area contributed by atoms with Crippen LogP contribution in [0, 0.1) is 5.41 Å². The van der Waals surface area contributed by atoms with Crippen LogP contribution in [0.3, 0.4) is 0 Å². The number of ether oxygens (including phenoxy) is 3. The average molecular weight is 374 g/mol. The number of hydrogen-bond acceptors (Lipinski definition) is 4. The summed E-state index contributed by atoms with van der Waals surface area (Å²) in [4.78, 5) is 14.8. The van der Waals surface area contributed by atoms with Gasteiger partial charge >= 0.3 is 6.03 Å². The van der Waals surface area contributed by atoms with E-state index >= 15 is 0 Å². The molecule has 2 aliphatic carbocycles. The number of anilines is 1. The van der Waals surface area contributed by atoms with Gasteiger partial charge in [-0.1, -0.05) is 12.8 Å². The second kappa shape index (κ2) is 6.59. The summed E-state index contributed by atoms with van der Waals surface area (Å²) in [5.41, 5.74) is 0.856. The maximum absolute atomic E-state index is 12.9. The molecule has 1 aromatic carbocycles. The summed E-state index contributed by atoms with van der Waals surface area (Å²) < 4.78 is 17.5. The lowest BCUT2D eigenvalue weighted by molar-refractivity contribution is -0.150. The molecule has 1 N–H and O–H groups in total. The first-order valence-electron chi connectivity index (χ1n) is 10.0. The molecule has 6 nitrogen and oxygen atoms in total. The number of carbonyl (C=O) groups excluding carboxylic acids is 1. The normalized spacial score (nSPS) is 26.7. The van der Waals surface area contributed by atoms with E-state index in [1.165, 1.54) is 12.8 Å². The largest absolute Gasteiger partial charge is 0.449 e. The highest BCUT2D eigenvalue weighted by Gasteiger charge is 2.58. The quantitative estimate of drug-likeness (QED) is 0.849. The minimum atomic E-state index is -0.670. The van der Waals surface area contributed by atoms with Crippen molar-refractivity contribution in [2.24, 2.45) is 5.41 Å². The Labute approximate surface area is 161 Å². The highest BCUT2D eigenvalue weighted by atomic mass is 16.7. The molecule has 1 spiro atoms. The summed E-state index contributed by atoms with van der Waals surface area (Å²) in [5, 5.41) is 3.01. The van der Waals surface area contributed by atoms with Crippen molar-refractivity contribution in [2.75, 3.05) is 19.0 Å². The van der Waals surface area contributed by atoms with Crippen molar-refractivity contribution in [1.29, 1.82) is 0 Å². The first-order valence-corrected chi connectivity index (χ1v) is 10.0. The van der Waals surface area contributed by atoms with Gasteiger partial charge < -0.3 is 24.4 Å². The Kier molecular flexibility index (Phi) is 4.49. The Bertz CT molecular complexity index is 727. The van der Waals surface area contributed by atoms with Crippen molar-refractivity contribution in [2.45, 2.75) is 70.8 Å². The van der Waals surface area contributed by atoms with Crippen molar-refractivity contribution < 1.29 is 19.0 Å². The van der Waals surface area contributed by atoms with Gasteiger partial charge in [0.25, 0.3) is 0 Å². The Hall–Kier alpha value is -1.95. The zero-order valence-electron chi connectivity index (χ0n) is 16.7. The van der Waals surface area contributed by atoms with Crippen LogP contribution in [-0.2, 0) is 4.74 Å². The summed E-state index contributed by atoms with van der Waals surface area (Å²) in [7, 11) is 1.90. The average Bonchev–Trinajstić information content (AvgIpc) is 3.22. The Balaban J connectivity index is 1.43. The van der Waals surface area contributed by atoms with Gasteiger partial charge in [0.2, 0.25) is 5.79 Å². The molecular formula is C21H30N2O4. The molecule has 27 heavy (non-hydrogen) atoms. The van der Waals surface area contributed by atoms with Crippen molar-refractivity contribution in [3.05, 3.63) is 18.2 Å². The van der Waals surface area contributed by atoms with Gasteiger partial charge in [0.05, 0.1) is 6.10 Å². The molecule has 2 amide bonds. The van der Waals surface area contributed by atoms with Gasteiger partial charge in [-0.15, -0.1) is 0 Å². The van der Waals surface area contributed by atoms with Crippen LogP contribution in [0.25, 0.3) is 0 Å². The van der Waals surface area contributed by atoms with Crippen molar-refractivity contribution in [1.82, 2.24) is 4.90 Å². The fourth-order valence-corrected chi connectivity index (χ4v) is 5.05. The number of urea groups is 1. The van der Waals surface area contributed by atoms with Crippen LogP contribution in [0.15, 0.2) is 18.2 Å². The summed E-state index contributed by atoms with van der Waals surface area (Å²) in [6.07, 6.45) is 5.98. The van der Waals surface area contributed by atoms with Gasteiger partial charge in [0.15, 0.2) is 11.5 Å². The van der Waals surface area contributed by atoms with Crippen LogP contribution in [0.4, 0.5) is 10.5 Å². The van der Waals surface area contributed by atoms with Gasteiger partial charge in [-0.3, -0.25) is 0 Å². The molecule has 2 atom stereocenters. The van der Waals surface area contributed by atoms with E-state index in [4.69, 9.17) is 14.2 Å². The van der Waals surface area contributed by atoms with Crippen LogP contribution < -0.4 is 14.8 Å². The lowest BCUT2D eigenvalue weighted by atomic mass is 9.60. The van der Waals surface area contributed by atoms with Crippen molar-refractivity contribution >= 4 is 11.7 Å². The van der Waals surface area contributed by atoms with Crippen LogP contribution >= 0.6 is 0 Å². The van der Waals surface area contributed by atoms with Crippen molar-refractivity contribution in [3.63, 3.8) is 0 Å². The number of benzene rings is 1. The van der Waals surface area contributed by atoms with E-state index in [1.54, 1.807) is 0 Å². The molecule has 3 aliphatic rings. The molecule has 2 saturated carbocycles. The fourth-order valence-electron chi connectivity index (χ4n) is 5.05. The standard InChI is InChI=1S/C21H30N2O4/c1-5-25-18-13-17(21(18)10-6-7-11-21)23(4)19(24)22-14-8-9-15-16(12-14)27-20(2,3)26-15/h8-9,12,17-18H,5-7,10-11,13H2,1-4H3,(H,22,24)/t17-,18+/m1/s1. The van der Waals surface area contributed by atoms with Gasteiger partial charge in [0, 0.05) is 50.7 Å². The van der Waals surface area contributed by atoms with E-state index in [2.05, 4.69) is 5.32 Å². The maximum Gasteiger partial charge on any atom is 0.321 e. The zero-order chi connectivity index (χ0) is 19.2. The minimum Gasteiger partial charge on any atom is -0.449 e. The minimum absolute atomic E-state index is 0.0839. The van der Waals surface area contributed by atoms with Gasteiger partial charge in [-0.2, -0.15) is 0 Å². The topological polar surface area (TPSA) is 60.0 Å². The lowest BCUT2D eigenvalue weighted by Crippen LogP contribution is -2.64. The predicted octanol–water partition coefficient (Wildman–Crippen LogP) is 4.40. The van der Waals surface area contributed by atoms with Crippen molar-refractivity contribution in [3.8, 4) is 11.5 Å². The molecule has 1 aromatic rings. The molecule has 6 heteroatoms. The number of rotatable bonds is 4. The molecule has 1 aliphatic heterocycles. The first-order chi connectivity index (χ1) is 12.8. The fraction of sp³-hybridized carbons (Fsp3) is 0.667. The Morgan fingerprint density at radius 3 is 2.67 bits per heavy atom. The van der Waals surface area contributed by atoms with E-state index in [1.807, 2.05) is 50.9 Å². The molecular weight excluding hydrogens is 344 g/mol. The monoisotopic (exact) mass is 374 g/mol. The molecule has 1 heterocycles. The summed E-state index contributed by atoms with van der Waals surface area (Å²) in [6.45, 7) is 6.52. The van der Waals surface area contributed by atoms with E-state index in [0.29, 0.717) is 17.2 Å². The second-order valence-corrected chi connectivity index (χ2v) is 8.44. The number of amides is 2. The maximum atomic E-state index is 12.9. The second-order valence-electron chi connectivity index (χ2n) is 8.44. The molecule has 4 rings (SSSR count). The first kappa shape index (κ1) is 18.4. The highest BCUT2D eigenvalue weighted by Crippen LogP contribution is 2.56. The molecule has 0 radical (unpaired) electrons. The molecule has 0 unspecified atom stereocenters. The molecule has 0 aromatic heterocycles. The number of fused-ring (bicyclic) bond motifs is 1. The van der Waals surface area contributed by atoms with Crippen LogP contribution in [0.2, 0.25) is 0 Å². The number of nitrogens with one attached hydrogen (secondary N) is 1. The lowest BCUT2D eigenvalue weighted by Gasteiger charge is -2.56. The summed E-state index contributed by atoms with van der Waals surface area (Å²) in [6, 6.07) is 5.67. The van der Waals surface area contributed by atoms with Crippen LogP contribution in [0.1, 0.15) is 52.9 Å². The van der Waals surface area contributed by atoms with E-state index in [9.17, 15) is 4.79 Å². The highest BCUT2D eigenvalue weighted by molar-refractivity contribution is 5.90.